The van der Waals surface area contributed by atoms with E-state index in [1.54, 1.807) is 0 Å². The Bertz CT molecular complexity index is 669. The number of carboxylic acids is 1. The highest BCUT2D eigenvalue weighted by Gasteiger charge is 2.33. The third-order valence-electron chi connectivity index (χ3n) is 4.74. The number of hydrogen-bond acceptors (Lipinski definition) is 4. The molecule has 25 heavy (non-hydrogen) atoms. The number of rotatable bonds is 5. The van der Waals surface area contributed by atoms with Gasteiger partial charge in [-0.3, -0.25) is 9.59 Å². The number of aliphatic carboxylic acids is 1. The van der Waals surface area contributed by atoms with E-state index < -0.39 is 17.9 Å². The lowest BCUT2D eigenvalue weighted by Gasteiger charge is -2.31. The molecule has 0 bridgehead atoms. The number of aryl methyl sites for hydroxylation is 1. The molecular formula is C18H22N2O5. The molecule has 134 valence electrons. The van der Waals surface area contributed by atoms with Gasteiger partial charge in [-0.25, -0.2) is 4.79 Å². The Hall–Kier alpha value is -2.41. The highest BCUT2D eigenvalue weighted by atomic mass is 16.5. The maximum absolute atomic E-state index is 12.4. The summed E-state index contributed by atoms with van der Waals surface area (Å²) in [5.41, 5.74) is 1.74. The summed E-state index contributed by atoms with van der Waals surface area (Å²) in [6.07, 6.45) is 2.48. The molecule has 1 fully saturated rings. The number of nitrogens with zero attached hydrogens (tertiary/aromatic N) is 1. The van der Waals surface area contributed by atoms with Crippen molar-refractivity contribution in [1.82, 2.24) is 5.32 Å². The average Bonchev–Trinajstić information content (AvgIpc) is 2.62. The first-order valence-corrected chi connectivity index (χ1v) is 8.54. The molecular weight excluding hydrogens is 324 g/mol. The molecule has 2 aliphatic rings. The van der Waals surface area contributed by atoms with Crippen LogP contribution in [-0.4, -0.2) is 48.7 Å². The molecule has 0 radical (unpaired) electrons. The van der Waals surface area contributed by atoms with E-state index in [9.17, 15) is 19.5 Å². The van der Waals surface area contributed by atoms with Gasteiger partial charge in [0.15, 0.2) is 0 Å². The van der Waals surface area contributed by atoms with Crippen LogP contribution in [0.25, 0.3) is 0 Å². The molecule has 7 nitrogen and oxygen atoms in total. The first-order chi connectivity index (χ1) is 12.1. The van der Waals surface area contributed by atoms with Crippen LogP contribution in [0, 0.1) is 5.92 Å². The Kier molecular flexibility index (Phi) is 5.33. The minimum Gasteiger partial charge on any atom is -0.480 e. The number of ether oxygens (including phenoxy) is 1. The predicted molar refractivity (Wildman–Crippen MR) is 90.2 cm³/mol. The molecule has 2 amide bonds. The highest BCUT2D eigenvalue weighted by Crippen LogP contribution is 2.27. The van der Waals surface area contributed by atoms with Crippen molar-refractivity contribution in [3.05, 3.63) is 29.8 Å². The van der Waals surface area contributed by atoms with Gasteiger partial charge in [0.2, 0.25) is 11.8 Å². The first kappa shape index (κ1) is 17.4. The largest absolute Gasteiger partial charge is 0.480 e. The van der Waals surface area contributed by atoms with Gasteiger partial charge < -0.3 is 20.1 Å². The van der Waals surface area contributed by atoms with Crippen LogP contribution in [0.4, 0.5) is 5.69 Å². The normalized spacial score (nSPS) is 21.4. The lowest BCUT2D eigenvalue weighted by molar-refractivity contribution is -0.145. The van der Waals surface area contributed by atoms with E-state index in [0.29, 0.717) is 32.5 Å². The SMILES string of the molecule is O=C(CN1C(=O)CCc2ccccc21)NC(C(=O)O)C1CCCOC1. The Balaban J connectivity index is 1.68. The number of benzene rings is 1. The van der Waals surface area contributed by atoms with Crippen LogP contribution < -0.4 is 10.2 Å². The number of carbonyl (C=O) groups excluding carboxylic acids is 2. The lowest BCUT2D eigenvalue weighted by Crippen LogP contribution is -2.52. The summed E-state index contributed by atoms with van der Waals surface area (Å²) in [6, 6.07) is 6.47. The molecule has 0 aromatic heterocycles. The van der Waals surface area contributed by atoms with Gasteiger partial charge in [-0.1, -0.05) is 18.2 Å². The molecule has 1 saturated heterocycles. The van der Waals surface area contributed by atoms with Crippen molar-refractivity contribution < 1.29 is 24.2 Å². The van der Waals surface area contributed by atoms with Crippen molar-refractivity contribution in [2.24, 2.45) is 5.92 Å². The van der Waals surface area contributed by atoms with Gasteiger partial charge in [-0.15, -0.1) is 0 Å². The lowest BCUT2D eigenvalue weighted by atomic mass is 9.93. The molecule has 2 heterocycles. The quantitative estimate of drug-likeness (QED) is 0.828. The third kappa shape index (κ3) is 3.99. The van der Waals surface area contributed by atoms with Crippen LogP contribution >= 0.6 is 0 Å². The summed E-state index contributed by atoms with van der Waals surface area (Å²) in [5, 5.41) is 12.0. The topological polar surface area (TPSA) is 95.9 Å². The van der Waals surface area contributed by atoms with Crippen LogP contribution in [0.3, 0.4) is 0 Å². The number of fused-ring (bicyclic) bond motifs is 1. The fourth-order valence-electron chi connectivity index (χ4n) is 3.44. The smallest absolute Gasteiger partial charge is 0.326 e. The molecule has 0 spiro atoms. The van der Waals surface area contributed by atoms with E-state index in [2.05, 4.69) is 5.32 Å². The monoisotopic (exact) mass is 346 g/mol. The molecule has 1 aromatic carbocycles. The van der Waals surface area contributed by atoms with Gasteiger partial charge in [-0.05, 0) is 30.9 Å². The van der Waals surface area contributed by atoms with Crippen LogP contribution in [-0.2, 0) is 25.5 Å². The molecule has 2 atom stereocenters. The van der Waals surface area contributed by atoms with Crippen molar-refractivity contribution in [2.75, 3.05) is 24.7 Å². The summed E-state index contributed by atoms with van der Waals surface area (Å²) >= 11 is 0. The second kappa shape index (κ2) is 7.65. The molecule has 2 N–H and O–H groups in total. The number of carboxylic acid groups (broad SMARTS) is 1. The maximum Gasteiger partial charge on any atom is 0.326 e. The van der Waals surface area contributed by atoms with Gasteiger partial charge in [0.05, 0.1) is 6.61 Å². The number of anilines is 1. The number of para-hydroxylation sites is 1. The second-order valence-electron chi connectivity index (χ2n) is 6.47. The summed E-state index contributed by atoms with van der Waals surface area (Å²) in [6.45, 7) is 0.770. The predicted octanol–water partition coefficient (Wildman–Crippen LogP) is 0.962. The van der Waals surface area contributed by atoms with E-state index in [-0.39, 0.29) is 18.4 Å². The van der Waals surface area contributed by atoms with Crippen molar-refractivity contribution in [3.8, 4) is 0 Å². The van der Waals surface area contributed by atoms with E-state index in [0.717, 1.165) is 17.7 Å². The Morgan fingerprint density at radius 1 is 1.32 bits per heavy atom. The summed E-state index contributed by atoms with van der Waals surface area (Å²) < 4.78 is 5.33. The Morgan fingerprint density at radius 3 is 2.84 bits per heavy atom. The minimum absolute atomic E-state index is 0.123. The van der Waals surface area contributed by atoms with Crippen molar-refractivity contribution in [3.63, 3.8) is 0 Å². The third-order valence-corrected chi connectivity index (χ3v) is 4.74. The van der Waals surface area contributed by atoms with Crippen LogP contribution in [0.2, 0.25) is 0 Å². The number of nitrogens with one attached hydrogen (secondary N) is 1. The second-order valence-corrected chi connectivity index (χ2v) is 6.47. The first-order valence-electron chi connectivity index (χ1n) is 8.54. The van der Waals surface area contributed by atoms with E-state index >= 15 is 0 Å². The van der Waals surface area contributed by atoms with E-state index in [1.165, 1.54) is 4.90 Å². The number of carbonyl (C=O) groups is 3. The van der Waals surface area contributed by atoms with Gasteiger partial charge in [-0.2, -0.15) is 0 Å². The number of hydrogen-bond donors (Lipinski definition) is 2. The molecule has 7 heteroatoms. The zero-order chi connectivity index (χ0) is 17.8. The number of amides is 2. The minimum atomic E-state index is -1.07. The fraction of sp³-hybridized carbons (Fsp3) is 0.500. The molecule has 2 aliphatic heterocycles. The zero-order valence-corrected chi connectivity index (χ0v) is 13.9. The standard InChI is InChI=1S/C18H22N2O5/c21-15(19-17(18(23)24)13-5-3-9-25-11-13)10-20-14-6-2-1-4-12(14)7-8-16(20)22/h1-2,4,6,13,17H,3,5,7-11H2,(H,19,21)(H,23,24). The molecule has 0 aliphatic carbocycles. The zero-order valence-electron chi connectivity index (χ0n) is 13.9. The van der Waals surface area contributed by atoms with Crippen LogP contribution in [0.15, 0.2) is 24.3 Å². The molecule has 1 aromatic rings. The Morgan fingerprint density at radius 2 is 2.12 bits per heavy atom. The summed E-state index contributed by atoms with van der Waals surface area (Å²) in [4.78, 5) is 37.6. The van der Waals surface area contributed by atoms with Gasteiger partial charge in [0, 0.05) is 24.6 Å². The van der Waals surface area contributed by atoms with E-state index in [1.807, 2.05) is 24.3 Å². The fourth-order valence-corrected chi connectivity index (χ4v) is 3.44. The Labute approximate surface area is 146 Å². The van der Waals surface area contributed by atoms with Gasteiger partial charge in [0.25, 0.3) is 0 Å². The molecule has 0 saturated carbocycles. The summed E-state index contributed by atoms with van der Waals surface area (Å²) in [5.74, 6) is -1.92. The van der Waals surface area contributed by atoms with Crippen molar-refractivity contribution >= 4 is 23.5 Å². The molecule has 2 unspecified atom stereocenters. The van der Waals surface area contributed by atoms with Crippen LogP contribution in [0.1, 0.15) is 24.8 Å². The van der Waals surface area contributed by atoms with Crippen LogP contribution in [0.5, 0.6) is 0 Å². The van der Waals surface area contributed by atoms with Gasteiger partial charge >= 0.3 is 5.97 Å². The van der Waals surface area contributed by atoms with Gasteiger partial charge in [0.1, 0.15) is 12.6 Å². The maximum atomic E-state index is 12.4. The highest BCUT2D eigenvalue weighted by molar-refractivity contribution is 6.01. The van der Waals surface area contributed by atoms with Crippen molar-refractivity contribution in [2.45, 2.75) is 31.7 Å². The average molecular weight is 346 g/mol. The van der Waals surface area contributed by atoms with E-state index in [4.69, 9.17) is 4.74 Å². The van der Waals surface area contributed by atoms with Crippen molar-refractivity contribution in [1.29, 1.82) is 0 Å². The molecule has 3 rings (SSSR count). The summed E-state index contributed by atoms with van der Waals surface area (Å²) in [7, 11) is 0.